The van der Waals surface area contributed by atoms with Gasteiger partial charge in [-0.2, -0.15) is 0 Å². The fourth-order valence-corrected chi connectivity index (χ4v) is 2.93. The summed E-state index contributed by atoms with van der Waals surface area (Å²) in [5.41, 5.74) is 0.217. The van der Waals surface area contributed by atoms with Crippen LogP contribution in [0.4, 0.5) is 9.93 Å². The van der Waals surface area contributed by atoms with E-state index >= 15 is 0 Å². The van der Waals surface area contributed by atoms with Crippen molar-refractivity contribution in [3.05, 3.63) is 17.2 Å². The molecule has 1 aliphatic heterocycles. The highest BCUT2D eigenvalue weighted by atomic mass is 32.1. The summed E-state index contributed by atoms with van der Waals surface area (Å²) in [5, 5.41) is 4.97. The van der Waals surface area contributed by atoms with Crippen molar-refractivity contribution in [3.63, 3.8) is 0 Å². The number of likely N-dealkylation sites (tertiary alicyclic amines) is 1. The summed E-state index contributed by atoms with van der Waals surface area (Å²) in [6.07, 6.45) is 5.87. The summed E-state index contributed by atoms with van der Waals surface area (Å²) in [7, 11) is 1.83. The number of nitrogens with zero attached hydrogens (tertiary/aromatic N) is 2. The van der Waals surface area contributed by atoms with Crippen LogP contribution in [0.15, 0.2) is 11.5 Å². The molecule has 0 aromatic carbocycles. The summed E-state index contributed by atoms with van der Waals surface area (Å²) in [6.45, 7) is 5.43. The fraction of sp³-hybridized carbons (Fsp3) is 0.562. The smallest absolute Gasteiger partial charge is 0.413 e. The van der Waals surface area contributed by atoms with E-state index in [0.717, 1.165) is 18.5 Å². The number of ether oxygens (including phenoxy) is 1. The number of thiazole rings is 1. The van der Waals surface area contributed by atoms with Crippen molar-refractivity contribution in [2.75, 3.05) is 12.4 Å². The first-order chi connectivity index (χ1) is 10.7. The molecule has 1 fully saturated rings. The van der Waals surface area contributed by atoms with Crippen molar-refractivity contribution >= 4 is 34.5 Å². The van der Waals surface area contributed by atoms with Gasteiger partial charge in [-0.1, -0.05) is 6.08 Å². The molecule has 0 spiro atoms. The molecule has 1 saturated heterocycles. The first-order valence-electron chi connectivity index (χ1n) is 7.64. The molecule has 0 bridgehead atoms. The molecule has 2 heterocycles. The number of hydrogen-bond acceptors (Lipinski definition) is 5. The molecule has 6 nitrogen and oxygen atoms in total. The van der Waals surface area contributed by atoms with Crippen molar-refractivity contribution in [3.8, 4) is 0 Å². The quantitative estimate of drug-likeness (QED) is 0.916. The number of aromatic nitrogens is 1. The van der Waals surface area contributed by atoms with Crippen LogP contribution >= 0.6 is 11.3 Å². The second-order valence-electron chi connectivity index (χ2n) is 6.53. The van der Waals surface area contributed by atoms with Gasteiger partial charge in [0, 0.05) is 18.8 Å². The molecule has 2 amide bonds. The lowest BCUT2D eigenvalue weighted by Crippen LogP contribution is -2.39. The Balaban J connectivity index is 1.93. The summed E-state index contributed by atoms with van der Waals surface area (Å²) in [4.78, 5) is 29.5. The van der Waals surface area contributed by atoms with E-state index in [2.05, 4.69) is 10.3 Å². The predicted octanol–water partition coefficient (Wildman–Crippen LogP) is 3.51. The van der Waals surface area contributed by atoms with Crippen molar-refractivity contribution in [2.45, 2.75) is 51.7 Å². The summed E-state index contributed by atoms with van der Waals surface area (Å²) in [6, 6.07) is 0.111. The molecule has 2 rings (SSSR count). The van der Waals surface area contributed by atoms with E-state index in [4.69, 9.17) is 4.74 Å². The first-order valence-corrected chi connectivity index (χ1v) is 8.52. The molecular weight excluding hydrogens is 314 g/mol. The highest BCUT2D eigenvalue weighted by Gasteiger charge is 2.22. The summed E-state index contributed by atoms with van der Waals surface area (Å²) < 4.78 is 5.19. The van der Waals surface area contributed by atoms with Crippen molar-refractivity contribution in [2.24, 2.45) is 0 Å². The number of amides is 2. The Bertz CT molecular complexity index is 604. The molecule has 0 aliphatic carbocycles. The summed E-state index contributed by atoms with van der Waals surface area (Å²) in [5.74, 6) is 0.177. The lowest BCUT2D eigenvalue weighted by Gasteiger charge is -2.30. The van der Waals surface area contributed by atoms with Gasteiger partial charge in [0.15, 0.2) is 5.13 Å². The highest BCUT2D eigenvalue weighted by Crippen LogP contribution is 2.21. The van der Waals surface area contributed by atoms with Gasteiger partial charge in [0.1, 0.15) is 5.60 Å². The van der Waals surface area contributed by atoms with Gasteiger partial charge >= 0.3 is 6.09 Å². The third kappa shape index (κ3) is 5.35. The standard InChI is InChI=1S/C16H23N3O3S/c1-16(2,3)22-15(21)18-14-17-11(10-23-14)8-9-12-6-5-7-13(20)19(12)4/h8-10,12H,5-7H2,1-4H3,(H,17,18,21)/b9-8+. The number of hydrogen-bond donors (Lipinski definition) is 1. The van der Waals surface area contributed by atoms with Gasteiger partial charge in [-0.3, -0.25) is 10.1 Å². The Hall–Kier alpha value is -1.89. The van der Waals surface area contributed by atoms with Gasteiger partial charge in [-0.05, 0) is 39.7 Å². The van der Waals surface area contributed by atoms with Crippen LogP contribution < -0.4 is 5.32 Å². The molecule has 1 atom stereocenters. The van der Waals surface area contributed by atoms with Gasteiger partial charge in [0.25, 0.3) is 0 Å². The van der Waals surface area contributed by atoms with Gasteiger partial charge < -0.3 is 9.64 Å². The third-order valence-corrected chi connectivity index (χ3v) is 4.18. The second-order valence-corrected chi connectivity index (χ2v) is 7.39. The largest absolute Gasteiger partial charge is 0.444 e. The van der Waals surface area contributed by atoms with Gasteiger partial charge in [0.05, 0.1) is 11.7 Å². The minimum atomic E-state index is -0.540. The number of anilines is 1. The Labute approximate surface area is 140 Å². The number of carbonyl (C=O) groups excluding carboxylic acids is 2. The average Bonchev–Trinajstić information content (AvgIpc) is 2.85. The number of likely N-dealkylation sites (N-methyl/N-ethyl adjacent to an activating group) is 1. The molecule has 1 aromatic rings. The van der Waals surface area contributed by atoms with E-state index in [1.54, 1.807) is 4.90 Å². The van der Waals surface area contributed by atoms with Crippen molar-refractivity contribution in [1.29, 1.82) is 0 Å². The van der Waals surface area contributed by atoms with Gasteiger partial charge in [-0.25, -0.2) is 9.78 Å². The maximum atomic E-state index is 11.7. The topological polar surface area (TPSA) is 71.5 Å². The maximum Gasteiger partial charge on any atom is 0.413 e. The number of carbonyl (C=O) groups is 2. The first kappa shape index (κ1) is 17.5. The van der Waals surface area contributed by atoms with Crippen LogP contribution in [-0.4, -0.2) is 40.6 Å². The number of piperidine rings is 1. The van der Waals surface area contributed by atoms with Crippen LogP contribution in [0, 0.1) is 0 Å². The zero-order valence-electron chi connectivity index (χ0n) is 14.0. The molecule has 1 aromatic heterocycles. The molecule has 0 radical (unpaired) electrons. The summed E-state index contributed by atoms with van der Waals surface area (Å²) >= 11 is 1.34. The molecular formula is C16H23N3O3S. The van der Waals surface area contributed by atoms with E-state index in [1.807, 2.05) is 45.4 Å². The normalized spacial score (nSPS) is 19.2. The molecule has 7 heteroatoms. The van der Waals surface area contributed by atoms with Crippen molar-refractivity contribution in [1.82, 2.24) is 9.88 Å². The van der Waals surface area contributed by atoms with E-state index in [0.29, 0.717) is 11.6 Å². The molecule has 1 N–H and O–H groups in total. The van der Waals surface area contributed by atoms with Crippen LogP contribution in [0.2, 0.25) is 0 Å². The Morgan fingerprint density at radius 1 is 1.52 bits per heavy atom. The van der Waals surface area contributed by atoms with Crippen LogP contribution in [0.3, 0.4) is 0 Å². The third-order valence-electron chi connectivity index (χ3n) is 3.40. The molecule has 0 saturated carbocycles. The minimum Gasteiger partial charge on any atom is -0.444 e. The van der Waals surface area contributed by atoms with Crippen LogP contribution in [0.1, 0.15) is 45.7 Å². The zero-order chi connectivity index (χ0) is 17.0. The zero-order valence-corrected chi connectivity index (χ0v) is 14.8. The Morgan fingerprint density at radius 3 is 2.96 bits per heavy atom. The van der Waals surface area contributed by atoms with E-state index in [-0.39, 0.29) is 11.9 Å². The van der Waals surface area contributed by atoms with Gasteiger partial charge in [-0.15, -0.1) is 11.3 Å². The van der Waals surface area contributed by atoms with Gasteiger partial charge in [0.2, 0.25) is 5.91 Å². The molecule has 1 unspecified atom stereocenters. The maximum absolute atomic E-state index is 11.7. The number of rotatable bonds is 3. The lowest BCUT2D eigenvalue weighted by atomic mass is 10.0. The minimum absolute atomic E-state index is 0.111. The lowest BCUT2D eigenvalue weighted by molar-refractivity contribution is -0.133. The van der Waals surface area contributed by atoms with E-state index in [1.165, 1.54) is 11.3 Å². The monoisotopic (exact) mass is 337 g/mol. The van der Waals surface area contributed by atoms with Crippen LogP contribution in [0.25, 0.3) is 6.08 Å². The average molecular weight is 337 g/mol. The molecule has 1 aliphatic rings. The highest BCUT2D eigenvalue weighted by molar-refractivity contribution is 7.14. The molecule has 23 heavy (non-hydrogen) atoms. The van der Waals surface area contributed by atoms with Crippen molar-refractivity contribution < 1.29 is 14.3 Å². The second kappa shape index (κ2) is 7.12. The number of nitrogens with one attached hydrogen (secondary N) is 1. The van der Waals surface area contributed by atoms with E-state index < -0.39 is 11.7 Å². The van der Waals surface area contributed by atoms with Crippen LogP contribution in [0.5, 0.6) is 0 Å². The van der Waals surface area contributed by atoms with Crippen LogP contribution in [-0.2, 0) is 9.53 Å². The van der Waals surface area contributed by atoms with E-state index in [9.17, 15) is 9.59 Å². The predicted molar refractivity (Wildman–Crippen MR) is 91.4 cm³/mol. The Morgan fingerprint density at radius 2 is 2.26 bits per heavy atom. The fourth-order valence-electron chi connectivity index (χ4n) is 2.26. The SMILES string of the molecule is CN1C(=O)CCCC1/C=C/c1csc(NC(=O)OC(C)(C)C)n1. The Kier molecular flexibility index (Phi) is 5.41. The molecule has 126 valence electrons.